The van der Waals surface area contributed by atoms with Crippen LogP contribution in [0.3, 0.4) is 0 Å². The van der Waals surface area contributed by atoms with Crippen LogP contribution in [-0.4, -0.2) is 21.4 Å². The molecule has 1 heterocycles. The van der Waals surface area contributed by atoms with E-state index in [4.69, 9.17) is 5.14 Å². The second-order valence-electron chi connectivity index (χ2n) is 5.07. The molecule has 1 aromatic carbocycles. The van der Waals surface area contributed by atoms with Crippen molar-refractivity contribution in [2.24, 2.45) is 5.14 Å². The highest BCUT2D eigenvalue weighted by Crippen LogP contribution is 2.38. The minimum absolute atomic E-state index is 0.198. The molecule has 4 nitrogen and oxygen atoms in total. The molecule has 2 aliphatic rings. The summed E-state index contributed by atoms with van der Waals surface area (Å²) in [5.41, 5.74) is 0.946. The van der Waals surface area contributed by atoms with Crippen molar-refractivity contribution in [3.63, 3.8) is 0 Å². The second kappa shape index (κ2) is 5.79. The number of hydrogen-bond acceptors (Lipinski definition) is 5. The molecule has 0 bridgehead atoms. The van der Waals surface area contributed by atoms with Crippen LogP contribution in [0.2, 0.25) is 0 Å². The first-order valence-corrected chi connectivity index (χ1v) is 8.49. The summed E-state index contributed by atoms with van der Waals surface area (Å²) in [6.07, 6.45) is 5.79. The average molecular weight is 308 g/mol. The van der Waals surface area contributed by atoms with Gasteiger partial charge in [0.25, 0.3) is 11.8 Å². The maximum atomic E-state index is 12.5. The van der Waals surface area contributed by atoms with Crippen molar-refractivity contribution in [1.82, 2.24) is 4.31 Å². The summed E-state index contributed by atoms with van der Waals surface area (Å²) in [6, 6.07) is 5.26. The lowest BCUT2D eigenvalue weighted by atomic mass is 10.0. The summed E-state index contributed by atoms with van der Waals surface area (Å²) in [7, 11) is 0. The van der Waals surface area contributed by atoms with Crippen LogP contribution in [0.4, 0.5) is 0 Å². The summed E-state index contributed by atoms with van der Waals surface area (Å²) in [4.78, 5) is 25.5. The fourth-order valence-corrected chi connectivity index (χ4v) is 4.44. The molecule has 0 radical (unpaired) electrons. The zero-order chi connectivity index (χ0) is 14.1. The number of nitrogens with zero attached hydrogens (tertiary/aromatic N) is 1. The third-order valence-electron chi connectivity index (χ3n) is 3.77. The molecule has 2 amide bonds. The Morgan fingerprint density at radius 1 is 1.10 bits per heavy atom. The normalized spacial score (nSPS) is 19.6. The molecular weight excluding hydrogens is 292 g/mol. The minimum Gasteiger partial charge on any atom is -0.274 e. The van der Waals surface area contributed by atoms with Crippen molar-refractivity contribution in [2.45, 2.75) is 42.2 Å². The molecule has 1 saturated carbocycles. The van der Waals surface area contributed by atoms with Crippen molar-refractivity contribution < 1.29 is 9.59 Å². The van der Waals surface area contributed by atoms with E-state index in [1.54, 1.807) is 18.2 Å². The van der Waals surface area contributed by atoms with Crippen LogP contribution in [-0.2, 0) is 0 Å². The van der Waals surface area contributed by atoms with Crippen molar-refractivity contribution in [3.8, 4) is 0 Å². The average Bonchev–Trinajstić information content (AvgIpc) is 2.73. The standard InChI is InChI=1S/C14H16N2O2S2/c15-19-11-8-4-7-10-12(11)14(18)16(13(10)17)20-9-5-2-1-3-6-9/h4,7-9H,1-3,5-6,15H2. The van der Waals surface area contributed by atoms with Crippen LogP contribution in [0.5, 0.6) is 0 Å². The quantitative estimate of drug-likeness (QED) is 0.686. The monoisotopic (exact) mass is 308 g/mol. The van der Waals surface area contributed by atoms with E-state index in [-0.39, 0.29) is 11.8 Å². The molecule has 6 heteroatoms. The minimum atomic E-state index is -0.214. The molecule has 0 spiro atoms. The van der Waals surface area contributed by atoms with Gasteiger partial charge in [0.05, 0.1) is 11.1 Å². The summed E-state index contributed by atoms with van der Waals surface area (Å²) in [6.45, 7) is 0. The van der Waals surface area contributed by atoms with Gasteiger partial charge in [0.2, 0.25) is 0 Å². The van der Waals surface area contributed by atoms with E-state index in [0.717, 1.165) is 24.8 Å². The summed E-state index contributed by atoms with van der Waals surface area (Å²) >= 11 is 2.42. The molecule has 1 fully saturated rings. The molecule has 1 aliphatic heterocycles. The van der Waals surface area contributed by atoms with E-state index in [1.165, 1.54) is 35.5 Å². The molecule has 0 unspecified atom stereocenters. The lowest BCUT2D eigenvalue weighted by molar-refractivity contribution is 0.0775. The summed E-state index contributed by atoms with van der Waals surface area (Å²) in [5, 5.41) is 5.96. The number of amides is 2. The van der Waals surface area contributed by atoms with Crippen LogP contribution >= 0.6 is 23.9 Å². The Kier molecular flexibility index (Phi) is 4.05. The highest BCUT2D eigenvalue weighted by molar-refractivity contribution is 7.98. The highest BCUT2D eigenvalue weighted by atomic mass is 32.2. The van der Waals surface area contributed by atoms with E-state index in [0.29, 0.717) is 21.3 Å². The maximum absolute atomic E-state index is 12.5. The van der Waals surface area contributed by atoms with Crippen LogP contribution in [0.15, 0.2) is 23.1 Å². The Bertz CT molecular complexity index is 556. The molecule has 3 rings (SSSR count). The Morgan fingerprint density at radius 3 is 2.55 bits per heavy atom. The van der Waals surface area contributed by atoms with E-state index in [2.05, 4.69) is 0 Å². The SMILES string of the molecule is NSc1cccc2c1C(=O)N(SC1CCCCC1)C2=O. The molecule has 2 N–H and O–H groups in total. The molecule has 1 aliphatic carbocycles. The molecule has 106 valence electrons. The topological polar surface area (TPSA) is 63.4 Å². The molecular formula is C14H16N2O2S2. The number of hydrogen-bond donors (Lipinski definition) is 1. The van der Waals surface area contributed by atoms with E-state index >= 15 is 0 Å². The Hall–Kier alpha value is -0.980. The van der Waals surface area contributed by atoms with Gasteiger partial charge in [0.1, 0.15) is 0 Å². The number of carbonyl (C=O) groups excluding carboxylic acids is 2. The number of imide groups is 1. The Morgan fingerprint density at radius 2 is 1.85 bits per heavy atom. The van der Waals surface area contributed by atoms with Gasteiger partial charge in [-0.15, -0.1) is 0 Å². The van der Waals surface area contributed by atoms with Crippen molar-refractivity contribution in [1.29, 1.82) is 0 Å². The predicted molar refractivity (Wildman–Crippen MR) is 81.5 cm³/mol. The van der Waals surface area contributed by atoms with E-state index in [9.17, 15) is 9.59 Å². The fourth-order valence-electron chi connectivity index (χ4n) is 2.75. The van der Waals surface area contributed by atoms with Crippen molar-refractivity contribution in [3.05, 3.63) is 29.3 Å². The van der Waals surface area contributed by atoms with Gasteiger partial charge >= 0.3 is 0 Å². The lowest BCUT2D eigenvalue weighted by Gasteiger charge is -2.24. The first kappa shape index (κ1) is 14.0. The van der Waals surface area contributed by atoms with Gasteiger partial charge < -0.3 is 0 Å². The summed E-state index contributed by atoms with van der Waals surface area (Å²) < 4.78 is 1.33. The number of fused-ring (bicyclic) bond motifs is 1. The third-order valence-corrected chi connectivity index (χ3v) is 5.68. The van der Waals surface area contributed by atoms with Gasteiger partial charge in [-0.2, -0.15) is 0 Å². The van der Waals surface area contributed by atoms with Crippen LogP contribution in [0.25, 0.3) is 0 Å². The maximum Gasteiger partial charge on any atom is 0.272 e. The number of carbonyl (C=O) groups is 2. The van der Waals surface area contributed by atoms with Gasteiger partial charge in [-0.3, -0.25) is 14.7 Å². The molecule has 0 saturated heterocycles. The number of nitrogens with two attached hydrogens (primary N) is 1. The fraction of sp³-hybridized carbons (Fsp3) is 0.429. The number of rotatable bonds is 3. The van der Waals surface area contributed by atoms with Crippen molar-refractivity contribution >= 4 is 35.7 Å². The second-order valence-corrected chi connectivity index (χ2v) is 6.98. The van der Waals surface area contributed by atoms with Crippen LogP contribution in [0.1, 0.15) is 52.8 Å². The van der Waals surface area contributed by atoms with Crippen molar-refractivity contribution in [2.75, 3.05) is 0 Å². The van der Waals surface area contributed by atoms with Crippen LogP contribution < -0.4 is 5.14 Å². The molecule has 0 atom stereocenters. The molecule has 20 heavy (non-hydrogen) atoms. The predicted octanol–water partition coefficient (Wildman–Crippen LogP) is 3.23. The van der Waals surface area contributed by atoms with E-state index in [1.807, 2.05) is 0 Å². The summed E-state index contributed by atoms with van der Waals surface area (Å²) in [5.74, 6) is -0.411. The first-order valence-electron chi connectivity index (χ1n) is 6.77. The Balaban J connectivity index is 1.85. The zero-order valence-corrected chi connectivity index (χ0v) is 12.6. The highest BCUT2D eigenvalue weighted by Gasteiger charge is 2.39. The van der Waals surface area contributed by atoms with Gasteiger partial charge in [-0.1, -0.05) is 25.3 Å². The smallest absolute Gasteiger partial charge is 0.272 e. The van der Waals surface area contributed by atoms with Crippen LogP contribution in [0, 0.1) is 0 Å². The zero-order valence-electron chi connectivity index (χ0n) is 11.0. The molecule has 0 aromatic heterocycles. The third kappa shape index (κ3) is 2.36. The number of benzene rings is 1. The van der Waals surface area contributed by atoms with Gasteiger partial charge in [0, 0.05) is 10.1 Å². The van der Waals surface area contributed by atoms with Gasteiger partial charge in [-0.25, -0.2) is 4.31 Å². The Labute approximate surface area is 126 Å². The first-order chi connectivity index (χ1) is 9.72. The largest absolute Gasteiger partial charge is 0.274 e. The molecule has 1 aromatic rings. The van der Waals surface area contributed by atoms with E-state index < -0.39 is 0 Å². The van der Waals surface area contributed by atoms with Gasteiger partial charge in [-0.05, 0) is 48.9 Å². The van der Waals surface area contributed by atoms with Gasteiger partial charge in [0.15, 0.2) is 0 Å². The lowest BCUT2D eigenvalue weighted by Crippen LogP contribution is -2.26.